The summed E-state index contributed by atoms with van der Waals surface area (Å²) in [7, 11) is -2.97. The Hall–Kier alpha value is -2.86. The molecular formula is C24H27NO4S. The summed E-state index contributed by atoms with van der Waals surface area (Å²) in [5.74, 6) is 1.47. The Morgan fingerprint density at radius 3 is 2.40 bits per heavy atom. The van der Waals surface area contributed by atoms with E-state index in [1.165, 1.54) is 6.26 Å². The van der Waals surface area contributed by atoms with Crippen LogP contribution in [0.2, 0.25) is 0 Å². The van der Waals surface area contributed by atoms with Gasteiger partial charge in [0, 0.05) is 23.6 Å². The minimum atomic E-state index is -2.97. The normalized spacial score (nSPS) is 11.3. The number of aromatic nitrogens is 1. The fraction of sp³-hybridized carbons (Fsp3) is 0.292. The fourth-order valence-corrected chi connectivity index (χ4v) is 3.95. The van der Waals surface area contributed by atoms with Gasteiger partial charge >= 0.3 is 0 Å². The zero-order valence-corrected chi connectivity index (χ0v) is 18.4. The first-order valence-corrected chi connectivity index (χ1v) is 11.9. The van der Waals surface area contributed by atoms with Gasteiger partial charge in [0.1, 0.15) is 22.2 Å². The predicted molar refractivity (Wildman–Crippen MR) is 120 cm³/mol. The van der Waals surface area contributed by atoms with E-state index in [2.05, 4.69) is 17.1 Å². The molecule has 30 heavy (non-hydrogen) atoms. The van der Waals surface area contributed by atoms with Crippen molar-refractivity contribution in [1.82, 2.24) is 4.98 Å². The molecule has 0 amide bonds. The molecule has 0 aliphatic rings. The third-order valence-corrected chi connectivity index (χ3v) is 5.68. The third-order valence-electron chi connectivity index (χ3n) is 4.65. The predicted octanol–water partition coefficient (Wildman–Crippen LogP) is 4.76. The molecule has 6 heteroatoms. The number of nitrogens with zero attached hydrogens (tertiary/aromatic N) is 1. The lowest BCUT2D eigenvalue weighted by atomic mass is 9.98. The number of hydrogen-bond donors (Lipinski definition) is 0. The number of hydrogen-bond acceptors (Lipinski definition) is 5. The number of ether oxygens (including phenoxy) is 2. The average Bonchev–Trinajstić information content (AvgIpc) is 2.70. The molecule has 0 radical (unpaired) electrons. The highest BCUT2D eigenvalue weighted by molar-refractivity contribution is 7.90. The van der Waals surface area contributed by atoms with E-state index in [4.69, 9.17) is 9.47 Å². The highest BCUT2D eigenvalue weighted by atomic mass is 32.2. The Bertz CT molecular complexity index is 1070. The van der Waals surface area contributed by atoms with E-state index >= 15 is 0 Å². The van der Waals surface area contributed by atoms with Gasteiger partial charge in [0.2, 0.25) is 5.88 Å². The Labute approximate surface area is 178 Å². The third kappa shape index (κ3) is 6.32. The maximum atomic E-state index is 11.2. The summed E-state index contributed by atoms with van der Waals surface area (Å²) in [5.41, 5.74) is 5.16. The number of aryl methyl sites for hydroxylation is 2. The van der Waals surface area contributed by atoms with Crippen molar-refractivity contribution >= 4 is 9.84 Å². The SMILES string of the molecule is Cc1cc(OCCCS(C)(=O)=O)nc(C)c1-c1cccc(COc2ccccc2)c1. The van der Waals surface area contributed by atoms with Crippen molar-refractivity contribution in [3.63, 3.8) is 0 Å². The average molecular weight is 426 g/mol. The zero-order chi connectivity index (χ0) is 21.6. The van der Waals surface area contributed by atoms with Crippen molar-refractivity contribution in [3.8, 4) is 22.8 Å². The summed E-state index contributed by atoms with van der Waals surface area (Å²) in [4.78, 5) is 4.56. The zero-order valence-electron chi connectivity index (χ0n) is 17.6. The van der Waals surface area contributed by atoms with E-state index in [9.17, 15) is 8.42 Å². The molecule has 1 heterocycles. The van der Waals surface area contributed by atoms with Crippen LogP contribution in [0.15, 0.2) is 60.7 Å². The van der Waals surface area contributed by atoms with Crippen LogP contribution in [-0.4, -0.2) is 32.0 Å². The highest BCUT2D eigenvalue weighted by Gasteiger charge is 2.11. The van der Waals surface area contributed by atoms with Crippen molar-refractivity contribution in [2.75, 3.05) is 18.6 Å². The molecule has 3 aromatic rings. The topological polar surface area (TPSA) is 65.5 Å². The van der Waals surface area contributed by atoms with Gasteiger partial charge in [-0.05, 0) is 55.2 Å². The second-order valence-electron chi connectivity index (χ2n) is 7.37. The minimum Gasteiger partial charge on any atom is -0.489 e. The first kappa shape index (κ1) is 21.8. The summed E-state index contributed by atoms with van der Waals surface area (Å²) in [5, 5.41) is 0. The molecular weight excluding hydrogens is 398 g/mol. The van der Waals surface area contributed by atoms with Crippen LogP contribution in [0, 0.1) is 13.8 Å². The first-order chi connectivity index (χ1) is 14.3. The molecule has 0 fully saturated rings. The molecule has 0 unspecified atom stereocenters. The van der Waals surface area contributed by atoms with E-state index < -0.39 is 9.84 Å². The number of rotatable bonds is 9. The molecule has 5 nitrogen and oxygen atoms in total. The van der Waals surface area contributed by atoms with E-state index in [0.717, 1.165) is 33.7 Å². The summed E-state index contributed by atoms with van der Waals surface area (Å²) >= 11 is 0. The van der Waals surface area contributed by atoms with Crippen LogP contribution >= 0.6 is 0 Å². The first-order valence-electron chi connectivity index (χ1n) is 9.88. The molecule has 0 saturated heterocycles. The maximum Gasteiger partial charge on any atom is 0.213 e. The second kappa shape index (κ2) is 9.76. The van der Waals surface area contributed by atoms with Crippen LogP contribution in [0.4, 0.5) is 0 Å². The Kier molecular flexibility index (Phi) is 7.11. The number of benzene rings is 2. The fourth-order valence-electron chi connectivity index (χ4n) is 3.30. The molecule has 0 aliphatic heterocycles. The van der Waals surface area contributed by atoms with E-state index in [-0.39, 0.29) is 5.75 Å². The van der Waals surface area contributed by atoms with Crippen molar-refractivity contribution < 1.29 is 17.9 Å². The minimum absolute atomic E-state index is 0.112. The standard InChI is InChI=1S/C24H27NO4S/c1-18-15-23(28-13-8-14-30(3,26)27)25-19(2)24(18)21-10-7-9-20(16-21)17-29-22-11-5-4-6-12-22/h4-7,9-12,15-16H,8,13-14,17H2,1-3H3. The van der Waals surface area contributed by atoms with E-state index in [1.54, 1.807) is 0 Å². The molecule has 3 rings (SSSR count). The lowest BCUT2D eigenvalue weighted by Crippen LogP contribution is -2.09. The van der Waals surface area contributed by atoms with Gasteiger partial charge in [0.25, 0.3) is 0 Å². The van der Waals surface area contributed by atoms with Gasteiger partial charge in [-0.1, -0.05) is 36.4 Å². The molecule has 0 aliphatic carbocycles. The summed E-state index contributed by atoms with van der Waals surface area (Å²) in [6.07, 6.45) is 1.68. The summed E-state index contributed by atoms with van der Waals surface area (Å²) in [6, 6.07) is 19.9. The van der Waals surface area contributed by atoms with Crippen LogP contribution < -0.4 is 9.47 Å². The Morgan fingerprint density at radius 2 is 1.70 bits per heavy atom. The van der Waals surface area contributed by atoms with Gasteiger partial charge in [-0.25, -0.2) is 13.4 Å². The molecule has 1 aromatic heterocycles. The molecule has 2 aromatic carbocycles. The second-order valence-corrected chi connectivity index (χ2v) is 9.63. The smallest absolute Gasteiger partial charge is 0.213 e. The van der Waals surface area contributed by atoms with Crippen molar-refractivity contribution in [2.24, 2.45) is 0 Å². The van der Waals surface area contributed by atoms with Gasteiger partial charge < -0.3 is 9.47 Å². The monoisotopic (exact) mass is 425 g/mol. The van der Waals surface area contributed by atoms with Crippen molar-refractivity contribution in [2.45, 2.75) is 26.9 Å². The number of sulfone groups is 1. The van der Waals surface area contributed by atoms with Crippen LogP contribution in [0.5, 0.6) is 11.6 Å². The van der Waals surface area contributed by atoms with Crippen LogP contribution in [0.1, 0.15) is 23.2 Å². The van der Waals surface area contributed by atoms with E-state index in [1.807, 2.05) is 62.4 Å². The number of para-hydroxylation sites is 1. The van der Waals surface area contributed by atoms with Gasteiger partial charge in [0.15, 0.2) is 0 Å². The van der Waals surface area contributed by atoms with Gasteiger partial charge in [-0.2, -0.15) is 0 Å². The van der Waals surface area contributed by atoms with Crippen molar-refractivity contribution in [3.05, 3.63) is 77.5 Å². The highest BCUT2D eigenvalue weighted by Crippen LogP contribution is 2.29. The summed E-state index contributed by atoms with van der Waals surface area (Å²) < 4.78 is 34.0. The molecule has 0 bridgehead atoms. The quantitative estimate of drug-likeness (QED) is 0.463. The molecule has 0 N–H and O–H groups in total. The lowest BCUT2D eigenvalue weighted by Gasteiger charge is -2.14. The largest absolute Gasteiger partial charge is 0.489 e. The van der Waals surface area contributed by atoms with Crippen molar-refractivity contribution in [1.29, 1.82) is 0 Å². The van der Waals surface area contributed by atoms with Gasteiger partial charge in [-0.15, -0.1) is 0 Å². The van der Waals surface area contributed by atoms with Crippen LogP contribution in [0.3, 0.4) is 0 Å². The molecule has 0 spiro atoms. The molecule has 0 saturated carbocycles. The molecule has 158 valence electrons. The van der Waals surface area contributed by atoms with Gasteiger partial charge in [-0.3, -0.25) is 0 Å². The lowest BCUT2D eigenvalue weighted by molar-refractivity contribution is 0.305. The number of pyridine rings is 1. The van der Waals surface area contributed by atoms with E-state index in [0.29, 0.717) is 25.5 Å². The van der Waals surface area contributed by atoms with Crippen LogP contribution in [-0.2, 0) is 16.4 Å². The Morgan fingerprint density at radius 1 is 0.933 bits per heavy atom. The summed E-state index contributed by atoms with van der Waals surface area (Å²) in [6.45, 7) is 4.80. The molecule has 0 atom stereocenters. The van der Waals surface area contributed by atoms with Crippen LogP contribution in [0.25, 0.3) is 11.1 Å². The Balaban J connectivity index is 1.70. The maximum absolute atomic E-state index is 11.2. The van der Waals surface area contributed by atoms with Gasteiger partial charge in [0.05, 0.1) is 12.4 Å².